The minimum absolute atomic E-state index is 0.178. The van der Waals surface area contributed by atoms with E-state index in [2.05, 4.69) is 0 Å². The van der Waals surface area contributed by atoms with Crippen LogP contribution in [0.1, 0.15) is 13.8 Å². The van der Waals surface area contributed by atoms with E-state index in [0.717, 1.165) is 0 Å². The van der Waals surface area contributed by atoms with Crippen molar-refractivity contribution in [3.63, 3.8) is 0 Å². The second-order valence-corrected chi connectivity index (χ2v) is 3.78. The largest absolute Gasteiger partial charge is 0.497 e. The molecular weight excluding hydrogens is 216 g/mol. The van der Waals surface area contributed by atoms with Crippen LogP contribution in [0.5, 0.6) is 11.5 Å². The molecular formula is C11H13ClO3. The van der Waals surface area contributed by atoms with Crippen LogP contribution in [0.15, 0.2) is 18.2 Å². The highest BCUT2D eigenvalue weighted by Crippen LogP contribution is 2.29. The number of hydrogen-bond acceptors (Lipinski definition) is 3. The standard InChI is InChI=1S/C11H13ClO3/c1-7(2)11(13)15-10-5-4-8(14-3)6-9(10)12/h4-7H,1-3H3. The van der Waals surface area contributed by atoms with Gasteiger partial charge in [0, 0.05) is 6.07 Å². The zero-order valence-corrected chi connectivity index (χ0v) is 9.67. The van der Waals surface area contributed by atoms with Crippen LogP contribution in [-0.4, -0.2) is 13.1 Å². The van der Waals surface area contributed by atoms with Gasteiger partial charge in [0.1, 0.15) is 11.5 Å². The number of carbonyl (C=O) groups excluding carboxylic acids is 1. The van der Waals surface area contributed by atoms with Gasteiger partial charge in [0.05, 0.1) is 18.1 Å². The van der Waals surface area contributed by atoms with Crippen molar-refractivity contribution >= 4 is 17.6 Å². The third-order valence-electron chi connectivity index (χ3n) is 1.82. The molecule has 0 unspecified atom stereocenters. The lowest BCUT2D eigenvalue weighted by molar-refractivity contribution is -0.137. The number of rotatable bonds is 3. The Morgan fingerprint density at radius 1 is 1.40 bits per heavy atom. The quantitative estimate of drug-likeness (QED) is 0.590. The maximum absolute atomic E-state index is 11.3. The second kappa shape index (κ2) is 5.03. The highest BCUT2D eigenvalue weighted by molar-refractivity contribution is 6.32. The molecule has 0 fully saturated rings. The van der Waals surface area contributed by atoms with Crippen molar-refractivity contribution < 1.29 is 14.3 Å². The Balaban J connectivity index is 2.83. The Kier molecular flexibility index (Phi) is 3.97. The summed E-state index contributed by atoms with van der Waals surface area (Å²) in [5.41, 5.74) is 0. The van der Waals surface area contributed by atoms with Crippen LogP contribution >= 0.6 is 11.6 Å². The third kappa shape index (κ3) is 3.13. The Bertz CT molecular complexity index is 361. The summed E-state index contributed by atoms with van der Waals surface area (Å²) in [5.74, 6) is 0.505. The van der Waals surface area contributed by atoms with Crippen LogP contribution < -0.4 is 9.47 Å². The topological polar surface area (TPSA) is 35.5 Å². The van der Waals surface area contributed by atoms with Crippen molar-refractivity contribution in [3.05, 3.63) is 23.2 Å². The van der Waals surface area contributed by atoms with Gasteiger partial charge >= 0.3 is 5.97 Å². The minimum atomic E-state index is -0.304. The molecule has 0 atom stereocenters. The van der Waals surface area contributed by atoms with Gasteiger partial charge in [-0.25, -0.2) is 0 Å². The van der Waals surface area contributed by atoms with E-state index in [4.69, 9.17) is 21.1 Å². The van der Waals surface area contributed by atoms with E-state index >= 15 is 0 Å². The number of methoxy groups -OCH3 is 1. The molecule has 0 aliphatic carbocycles. The average molecular weight is 229 g/mol. The molecule has 0 saturated carbocycles. The number of halogens is 1. The van der Waals surface area contributed by atoms with Crippen molar-refractivity contribution in [2.75, 3.05) is 7.11 Å². The first kappa shape index (κ1) is 11.9. The molecule has 1 aromatic rings. The molecule has 0 aromatic heterocycles. The van der Waals surface area contributed by atoms with Gasteiger partial charge in [-0.2, -0.15) is 0 Å². The highest BCUT2D eigenvalue weighted by atomic mass is 35.5. The summed E-state index contributed by atoms with van der Waals surface area (Å²) >= 11 is 5.90. The lowest BCUT2D eigenvalue weighted by Gasteiger charge is -2.09. The number of benzene rings is 1. The fraction of sp³-hybridized carbons (Fsp3) is 0.364. The monoisotopic (exact) mass is 228 g/mol. The van der Waals surface area contributed by atoms with Crippen molar-refractivity contribution in [1.82, 2.24) is 0 Å². The van der Waals surface area contributed by atoms with E-state index in [0.29, 0.717) is 16.5 Å². The van der Waals surface area contributed by atoms with E-state index < -0.39 is 0 Å². The van der Waals surface area contributed by atoms with Crippen LogP contribution in [0, 0.1) is 5.92 Å². The lowest BCUT2D eigenvalue weighted by Crippen LogP contribution is -2.14. The van der Waals surface area contributed by atoms with Crippen LogP contribution in [0.2, 0.25) is 5.02 Å². The van der Waals surface area contributed by atoms with Crippen LogP contribution in [0.3, 0.4) is 0 Å². The number of esters is 1. The summed E-state index contributed by atoms with van der Waals surface area (Å²) in [5, 5.41) is 0.364. The van der Waals surface area contributed by atoms with E-state index in [9.17, 15) is 4.79 Å². The molecule has 0 aliphatic rings. The van der Waals surface area contributed by atoms with E-state index in [1.54, 1.807) is 39.2 Å². The highest BCUT2D eigenvalue weighted by Gasteiger charge is 2.12. The Hall–Kier alpha value is -1.22. The molecule has 0 radical (unpaired) electrons. The smallest absolute Gasteiger partial charge is 0.313 e. The fourth-order valence-corrected chi connectivity index (χ4v) is 1.13. The van der Waals surface area contributed by atoms with Gasteiger partial charge in [0.2, 0.25) is 0 Å². The summed E-state index contributed by atoms with van der Waals surface area (Å²) in [6.07, 6.45) is 0. The molecule has 0 spiro atoms. The molecule has 0 bridgehead atoms. The number of carbonyl (C=O) groups is 1. The predicted molar refractivity (Wildman–Crippen MR) is 58.5 cm³/mol. The molecule has 1 rings (SSSR count). The molecule has 4 heteroatoms. The van der Waals surface area contributed by atoms with Gasteiger partial charge in [-0.05, 0) is 12.1 Å². The molecule has 0 aliphatic heterocycles. The maximum Gasteiger partial charge on any atom is 0.313 e. The van der Waals surface area contributed by atoms with Gasteiger partial charge in [-0.15, -0.1) is 0 Å². The SMILES string of the molecule is COc1ccc(OC(=O)C(C)C)c(Cl)c1. The van der Waals surface area contributed by atoms with Gasteiger partial charge in [-0.1, -0.05) is 25.4 Å². The molecule has 0 N–H and O–H groups in total. The molecule has 0 saturated heterocycles. The minimum Gasteiger partial charge on any atom is -0.497 e. The van der Waals surface area contributed by atoms with Crippen LogP contribution in [0.25, 0.3) is 0 Å². The number of ether oxygens (including phenoxy) is 2. The fourth-order valence-electron chi connectivity index (χ4n) is 0.918. The Labute approximate surface area is 93.9 Å². The summed E-state index contributed by atoms with van der Waals surface area (Å²) in [7, 11) is 1.55. The van der Waals surface area contributed by atoms with Gasteiger partial charge in [0.15, 0.2) is 0 Å². The van der Waals surface area contributed by atoms with Crippen LogP contribution in [0.4, 0.5) is 0 Å². The zero-order chi connectivity index (χ0) is 11.4. The van der Waals surface area contributed by atoms with Crippen molar-refractivity contribution in [3.8, 4) is 11.5 Å². The normalized spacial score (nSPS) is 10.2. The van der Waals surface area contributed by atoms with Gasteiger partial charge in [-0.3, -0.25) is 4.79 Å². The average Bonchev–Trinajstić information content (AvgIpc) is 2.20. The van der Waals surface area contributed by atoms with E-state index in [1.807, 2.05) is 0 Å². The van der Waals surface area contributed by atoms with E-state index in [-0.39, 0.29) is 11.9 Å². The summed E-state index contributed by atoms with van der Waals surface area (Å²) in [6, 6.07) is 4.90. The Morgan fingerprint density at radius 2 is 2.07 bits per heavy atom. The van der Waals surface area contributed by atoms with Crippen molar-refractivity contribution in [2.45, 2.75) is 13.8 Å². The molecule has 0 amide bonds. The molecule has 1 aromatic carbocycles. The van der Waals surface area contributed by atoms with Crippen molar-refractivity contribution in [2.24, 2.45) is 5.92 Å². The lowest BCUT2D eigenvalue weighted by atomic mass is 10.2. The summed E-state index contributed by atoms with van der Waals surface area (Å²) in [4.78, 5) is 11.3. The first-order valence-corrected chi connectivity index (χ1v) is 4.97. The molecule has 3 nitrogen and oxygen atoms in total. The van der Waals surface area contributed by atoms with Crippen LogP contribution in [-0.2, 0) is 4.79 Å². The number of hydrogen-bond donors (Lipinski definition) is 0. The predicted octanol–water partition coefficient (Wildman–Crippen LogP) is 2.91. The van der Waals surface area contributed by atoms with Crippen molar-refractivity contribution in [1.29, 1.82) is 0 Å². The summed E-state index contributed by atoms with van der Waals surface area (Å²) < 4.78 is 10.1. The molecule has 0 heterocycles. The first-order valence-electron chi connectivity index (χ1n) is 4.60. The maximum atomic E-state index is 11.3. The first-order chi connectivity index (χ1) is 7.04. The Morgan fingerprint density at radius 3 is 2.53 bits per heavy atom. The van der Waals surface area contributed by atoms with Gasteiger partial charge < -0.3 is 9.47 Å². The zero-order valence-electron chi connectivity index (χ0n) is 8.91. The molecule has 15 heavy (non-hydrogen) atoms. The third-order valence-corrected chi connectivity index (χ3v) is 2.12. The summed E-state index contributed by atoms with van der Waals surface area (Å²) in [6.45, 7) is 3.53. The molecule has 82 valence electrons. The van der Waals surface area contributed by atoms with Gasteiger partial charge in [0.25, 0.3) is 0 Å². The second-order valence-electron chi connectivity index (χ2n) is 3.37. The van der Waals surface area contributed by atoms with E-state index in [1.165, 1.54) is 0 Å².